The maximum absolute atomic E-state index is 12.7. The van der Waals surface area contributed by atoms with Gasteiger partial charge in [0.05, 0.1) is 23.7 Å². The number of benzene rings is 1. The Balaban J connectivity index is 1.48. The predicted molar refractivity (Wildman–Crippen MR) is 125 cm³/mol. The number of anilines is 2. The van der Waals surface area contributed by atoms with E-state index in [2.05, 4.69) is 16.7 Å². The molecule has 4 rings (SSSR count). The summed E-state index contributed by atoms with van der Waals surface area (Å²) in [7, 11) is 0. The van der Waals surface area contributed by atoms with Gasteiger partial charge in [-0.25, -0.2) is 0 Å². The Kier molecular flexibility index (Phi) is 6.64. The van der Waals surface area contributed by atoms with Gasteiger partial charge in [-0.15, -0.1) is 11.3 Å². The molecule has 1 saturated heterocycles. The first kappa shape index (κ1) is 22.1. The summed E-state index contributed by atoms with van der Waals surface area (Å²) >= 11 is 6.76. The molecule has 11 heteroatoms. The number of thiophene rings is 1. The first-order chi connectivity index (χ1) is 15.5. The lowest BCUT2D eigenvalue weighted by molar-refractivity contribution is -0.384. The topological polar surface area (TPSA) is 121 Å². The van der Waals surface area contributed by atoms with Crippen LogP contribution in [0.5, 0.6) is 0 Å². The second kappa shape index (κ2) is 9.60. The number of nitrogens with one attached hydrogen (secondary N) is 2. The molecular weight excluding hydrogens is 450 g/mol. The van der Waals surface area contributed by atoms with Crippen LogP contribution in [0, 0.1) is 21.4 Å². The maximum Gasteiger partial charge on any atom is 0.293 e. The SMILES string of the molecule is N#Cc1c(NC(=S)NC(=O)c2ccc(N3CCOCC3)c([N+](=O)[O-])c2)sc2c1CCCC2. The lowest BCUT2D eigenvalue weighted by Gasteiger charge is -2.28. The summed E-state index contributed by atoms with van der Waals surface area (Å²) in [6.45, 7) is 2.09. The van der Waals surface area contributed by atoms with Gasteiger partial charge in [-0.05, 0) is 55.6 Å². The molecule has 0 unspecified atom stereocenters. The third kappa shape index (κ3) is 4.57. The molecule has 0 bridgehead atoms. The number of carbonyl (C=O) groups excluding carboxylic acids is 1. The molecule has 0 saturated carbocycles. The smallest absolute Gasteiger partial charge is 0.293 e. The number of aryl methyl sites for hydroxylation is 1. The van der Waals surface area contributed by atoms with E-state index in [4.69, 9.17) is 17.0 Å². The van der Waals surface area contributed by atoms with E-state index >= 15 is 0 Å². The van der Waals surface area contributed by atoms with Crippen LogP contribution < -0.4 is 15.5 Å². The molecule has 2 aliphatic rings. The Morgan fingerprint density at radius 2 is 2.03 bits per heavy atom. The number of nitro benzene ring substituents is 1. The van der Waals surface area contributed by atoms with Crippen LogP contribution in [0.1, 0.15) is 39.2 Å². The van der Waals surface area contributed by atoms with Gasteiger partial charge in [0.15, 0.2) is 5.11 Å². The largest absolute Gasteiger partial charge is 0.378 e. The number of hydrogen-bond donors (Lipinski definition) is 2. The molecule has 2 heterocycles. The normalized spacial score (nSPS) is 15.4. The fourth-order valence-electron chi connectivity index (χ4n) is 3.96. The van der Waals surface area contributed by atoms with Gasteiger partial charge in [0.2, 0.25) is 0 Å². The summed E-state index contributed by atoms with van der Waals surface area (Å²) in [6, 6.07) is 6.62. The molecule has 1 fully saturated rings. The molecule has 166 valence electrons. The van der Waals surface area contributed by atoms with Crippen LogP contribution in [0.2, 0.25) is 0 Å². The molecule has 0 spiro atoms. The molecule has 1 aromatic carbocycles. The number of nitriles is 1. The summed E-state index contributed by atoms with van der Waals surface area (Å²) in [4.78, 5) is 26.9. The minimum atomic E-state index is -0.557. The Morgan fingerprint density at radius 3 is 2.75 bits per heavy atom. The monoisotopic (exact) mass is 471 g/mol. The highest BCUT2D eigenvalue weighted by Crippen LogP contribution is 2.37. The molecule has 1 amide bonds. The van der Waals surface area contributed by atoms with E-state index in [1.165, 1.54) is 22.3 Å². The number of nitrogens with zero attached hydrogens (tertiary/aromatic N) is 3. The van der Waals surface area contributed by atoms with Crippen molar-refractivity contribution in [3.05, 3.63) is 49.9 Å². The van der Waals surface area contributed by atoms with Gasteiger partial charge >= 0.3 is 0 Å². The van der Waals surface area contributed by atoms with E-state index in [1.807, 2.05) is 4.90 Å². The Labute approximate surface area is 194 Å². The molecule has 1 aliphatic heterocycles. The second-order valence-corrected chi connectivity index (χ2v) is 9.01. The minimum Gasteiger partial charge on any atom is -0.378 e. The summed E-state index contributed by atoms with van der Waals surface area (Å²) < 4.78 is 5.30. The number of nitro groups is 1. The third-order valence-corrected chi connectivity index (χ3v) is 6.93. The van der Waals surface area contributed by atoms with Crippen LogP contribution >= 0.6 is 23.6 Å². The second-order valence-electron chi connectivity index (χ2n) is 7.50. The summed E-state index contributed by atoms with van der Waals surface area (Å²) in [6.07, 6.45) is 3.96. The number of amides is 1. The number of thiocarbonyl (C=S) groups is 1. The van der Waals surface area contributed by atoms with Crippen LogP contribution in [-0.2, 0) is 17.6 Å². The fraction of sp³-hybridized carbons (Fsp3) is 0.381. The lowest BCUT2D eigenvalue weighted by atomic mass is 9.96. The van der Waals surface area contributed by atoms with Gasteiger partial charge in [-0.2, -0.15) is 5.26 Å². The highest BCUT2D eigenvalue weighted by atomic mass is 32.1. The van der Waals surface area contributed by atoms with Gasteiger partial charge in [-0.3, -0.25) is 20.2 Å². The van der Waals surface area contributed by atoms with Crippen LogP contribution in [0.3, 0.4) is 0 Å². The third-order valence-electron chi connectivity index (χ3n) is 5.52. The van der Waals surface area contributed by atoms with Gasteiger partial charge in [0.1, 0.15) is 16.8 Å². The van der Waals surface area contributed by atoms with E-state index in [0.717, 1.165) is 31.2 Å². The predicted octanol–water partition coefficient (Wildman–Crippen LogP) is 3.37. The van der Waals surface area contributed by atoms with Gasteiger partial charge < -0.3 is 15.0 Å². The van der Waals surface area contributed by atoms with Crippen molar-refractivity contribution in [2.24, 2.45) is 0 Å². The zero-order valence-corrected chi connectivity index (χ0v) is 18.8. The van der Waals surface area contributed by atoms with E-state index in [1.54, 1.807) is 12.1 Å². The highest BCUT2D eigenvalue weighted by molar-refractivity contribution is 7.80. The average Bonchev–Trinajstić information content (AvgIpc) is 3.15. The Bertz CT molecular complexity index is 1120. The van der Waals surface area contributed by atoms with Crippen molar-refractivity contribution in [1.82, 2.24) is 5.32 Å². The van der Waals surface area contributed by atoms with Gasteiger partial charge in [0.25, 0.3) is 11.6 Å². The van der Waals surface area contributed by atoms with Crippen molar-refractivity contribution in [2.45, 2.75) is 25.7 Å². The first-order valence-electron chi connectivity index (χ1n) is 10.3. The number of hydrogen-bond acceptors (Lipinski definition) is 8. The standard InChI is InChI=1S/C21H21N5O4S2/c22-12-15-14-3-1-2-4-18(14)32-20(15)24-21(31)23-19(27)13-5-6-16(17(11-13)26(28)29)25-7-9-30-10-8-25/h5-6,11H,1-4,7-10H2,(H2,23,24,27,31). The molecular formula is C21H21N5O4S2. The van der Waals surface area contributed by atoms with E-state index in [9.17, 15) is 20.2 Å². The van der Waals surface area contributed by atoms with Crippen molar-refractivity contribution < 1.29 is 14.5 Å². The van der Waals surface area contributed by atoms with Crippen molar-refractivity contribution in [2.75, 3.05) is 36.5 Å². The van der Waals surface area contributed by atoms with E-state index < -0.39 is 10.8 Å². The summed E-state index contributed by atoms with van der Waals surface area (Å²) in [5.74, 6) is -0.557. The molecule has 2 aromatic rings. The highest BCUT2D eigenvalue weighted by Gasteiger charge is 2.24. The van der Waals surface area contributed by atoms with Crippen molar-refractivity contribution in [1.29, 1.82) is 5.26 Å². The number of rotatable bonds is 4. The number of ether oxygens (including phenoxy) is 1. The molecule has 9 nitrogen and oxygen atoms in total. The fourth-order valence-corrected chi connectivity index (χ4v) is 5.47. The molecule has 1 aromatic heterocycles. The van der Waals surface area contributed by atoms with Crippen LogP contribution in [0.25, 0.3) is 0 Å². The summed E-state index contributed by atoms with van der Waals surface area (Å²) in [5.41, 5.74) is 2.08. The number of morpholine rings is 1. The molecule has 0 radical (unpaired) electrons. The first-order valence-corrected chi connectivity index (χ1v) is 11.5. The van der Waals surface area contributed by atoms with Crippen LogP contribution in [-0.4, -0.2) is 42.2 Å². The average molecular weight is 472 g/mol. The molecule has 32 heavy (non-hydrogen) atoms. The van der Waals surface area contributed by atoms with Crippen LogP contribution in [0.15, 0.2) is 18.2 Å². The number of fused-ring (bicyclic) bond motifs is 1. The van der Waals surface area contributed by atoms with E-state index in [0.29, 0.717) is 42.6 Å². The number of carbonyl (C=O) groups is 1. The lowest BCUT2D eigenvalue weighted by Crippen LogP contribution is -2.37. The van der Waals surface area contributed by atoms with Gasteiger partial charge in [0, 0.05) is 29.6 Å². The zero-order valence-electron chi connectivity index (χ0n) is 17.2. The van der Waals surface area contributed by atoms with Crippen molar-refractivity contribution in [3.8, 4) is 6.07 Å². The Morgan fingerprint density at radius 1 is 1.28 bits per heavy atom. The summed E-state index contributed by atoms with van der Waals surface area (Å²) in [5, 5.41) is 27.4. The maximum atomic E-state index is 12.7. The quantitative estimate of drug-likeness (QED) is 0.396. The van der Waals surface area contributed by atoms with Crippen molar-refractivity contribution in [3.63, 3.8) is 0 Å². The zero-order chi connectivity index (χ0) is 22.7. The van der Waals surface area contributed by atoms with Crippen LogP contribution in [0.4, 0.5) is 16.4 Å². The molecule has 0 atom stereocenters. The van der Waals surface area contributed by atoms with Crippen molar-refractivity contribution >= 4 is 51.0 Å². The van der Waals surface area contributed by atoms with E-state index in [-0.39, 0.29) is 16.4 Å². The van der Waals surface area contributed by atoms with Gasteiger partial charge in [-0.1, -0.05) is 0 Å². The Hall–Kier alpha value is -3.07. The molecule has 2 N–H and O–H groups in total. The minimum absolute atomic E-state index is 0.0463. The molecule has 1 aliphatic carbocycles.